The minimum atomic E-state index is -6.09. The smallest absolute Gasteiger partial charge is 0.743 e. The quantitative estimate of drug-likeness (QED) is 0.350. The van der Waals surface area contributed by atoms with Crippen LogP contribution in [0.1, 0.15) is 44.9 Å². The van der Waals surface area contributed by atoms with Gasteiger partial charge in [-0.05, 0) is 56.3 Å². The van der Waals surface area contributed by atoms with Crippen LogP contribution in [-0.2, 0) is 19.6 Å². The van der Waals surface area contributed by atoms with Crippen LogP contribution < -0.4 is 29.6 Å². The summed E-state index contributed by atoms with van der Waals surface area (Å²) < 4.78 is 75.6. The summed E-state index contributed by atoms with van der Waals surface area (Å²) in [5.41, 5.74) is -0.590. The van der Waals surface area contributed by atoms with Gasteiger partial charge in [-0.1, -0.05) is 0 Å². The van der Waals surface area contributed by atoms with E-state index in [1.807, 2.05) is 0 Å². The zero-order chi connectivity index (χ0) is 17.8. The van der Waals surface area contributed by atoms with Crippen molar-refractivity contribution < 1.29 is 65.2 Å². The molecule has 1 atom stereocenters. The second-order valence-corrected chi connectivity index (χ2v) is 9.06. The second-order valence-electron chi connectivity index (χ2n) is 7.61. The van der Waals surface area contributed by atoms with Gasteiger partial charge >= 0.3 is 40.8 Å². The monoisotopic (exact) mass is 392 g/mol. The number of ether oxygens (including phenoxy) is 1. The summed E-state index contributed by atoms with van der Waals surface area (Å²) in [4.78, 5) is 12.4. The summed E-state index contributed by atoms with van der Waals surface area (Å²) in [6, 6.07) is 0. The minimum absolute atomic E-state index is 0. The van der Waals surface area contributed by atoms with Crippen LogP contribution in [0.3, 0.4) is 0 Å². The van der Waals surface area contributed by atoms with E-state index in [2.05, 4.69) is 0 Å². The van der Waals surface area contributed by atoms with Gasteiger partial charge in [-0.15, -0.1) is 0 Å². The summed E-state index contributed by atoms with van der Waals surface area (Å²) in [6.45, 7) is -0.660. The molecule has 4 aliphatic carbocycles. The SMILES string of the molecule is O=C(OCCC(F)C(F)(F)S(=O)(=O)[O-])C12CC3CC(CC(C3)C1)C2.[Na+]. The second kappa shape index (κ2) is 7.30. The third kappa shape index (κ3) is 4.05. The maximum absolute atomic E-state index is 13.4. The standard InChI is InChI=1S/C15H21F3O5S.Na/c16-12(15(17,18)24(20,21)22)1-2-23-13(19)14-6-9-3-10(7-14)5-11(4-9)8-14;/h9-12H,1-8H2,(H,20,21,22);/q;+1/p-1. The van der Waals surface area contributed by atoms with E-state index in [1.165, 1.54) is 0 Å². The molecule has 4 aliphatic rings. The molecule has 4 fully saturated rings. The van der Waals surface area contributed by atoms with Crippen molar-refractivity contribution in [2.75, 3.05) is 6.61 Å². The Morgan fingerprint density at radius 1 is 1.16 bits per heavy atom. The first kappa shape index (κ1) is 21.5. The Bertz CT molecular complexity index is 589. The molecule has 0 aromatic heterocycles. The molecule has 4 saturated carbocycles. The molecule has 5 nitrogen and oxygen atoms in total. The molecule has 4 rings (SSSR count). The van der Waals surface area contributed by atoms with Gasteiger partial charge in [-0.3, -0.25) is 4.79 Å². The normalized spacial score (nSPS) is 35.1. The number of alkyl halides is 3. The third-order valence-corrected chi connectivity index (χ3v) is 6.70. The van der Waals surface area contributed by atoms with Gasteiger partial charge in [-0.25, -0.2) is 12.8 Å². The fourth-order valence-electron chi connectivity index (χ4n) is 5.09. The van der Waals surface area contributed by atoms with Crippen LogP contribution in [0.5, 0.6) is 0 Å². The molecule has 0 amide bonds. The molecule has 0 aromatic rings. The van der Waals surface area contributed by atoms with E-state index in [1.54, 1.807) is 0 Å². The van der Waals surface area contributed by atoms with Crippen molar-refractivity contribution in [1.29, 1.82) is 0 Å². The third-order valence-electron chi connectivity index (χ3n) is 5.77. The number of carbonyl (C=O) groups excluding carboxylic acids is 1. The predicted molar refractivity (Wildman–Crippen MR) is 75.7 cm³/mol. The van der Waals surface area contributed by atoms with Crippen molar-refractivity contribution >= 4 is 16.1 Å². The first-order valence-corrected chi connectivity index (χ1v) is 9.59. The predicted octanol–water partition coefficient (Wildman–Crippen LogP) is -0.384. The van der Waals surface area contributed by atoms with Crippen LogP contribution in [0.4, 0.5) is 13.2 Å². The van der Waals surface area contributed by atoms with Crippen molar-refractivity contribution in [3.8, 4) is 0 Å². The first-order chi connectivity index (χ1) is 11.0. The summed E-state index contributed by atoms with van der Waals surface area (Å²) in [5.74, 6) is 0.982. The number of carbonyl (C=O) groups is 1. The van der Waals surface area contributed by atoms with Crippen molar-refractivity contribution in [3.63, 3.8) is 0 Å². The number of esters is 1. The minimum Gasteiger partial charge on any atom is -0.743 e. The van der Waals surface area contributed by atoms with E-state index >= 15 is 0 Å². The Kier molecular flexibility index (Phi) is 6.27. The van der Waals surface area contributed by atoms with Crippen LogP contribution in [0.2, 0.25) is 0 Å². The molecule has 0 aliphatic heterocycles. The summed E-state index contributed by atoms with van der Waals surface area (Å²) in [7, 11) is -6.09. The molecule has 0 radical (unpaired) electrons. The molecule has 0 N–H and O–H groups in total. The molecule has 25 heavy (non-hydrogen) atoms. The van der Waals surface area contributed by atoms with E-state index in [9.17, 15) is 30.9 Å². The van der Waals surface area contributed by atoms with E-state index in [-0.39, 0.29) is 29.6 Å². The summed E-state index contributed by atoms with van der Waals surface area (Å²) in [6.07, 6.45) is 1.31. The zero-order valence-corrected chi connectivity index (χ0v) is 16.9. The maximum atomic E-state index is 13.4. The first-order valence-electron chi connectivity index (χ1n) is 8.18. The average molecular weight is 392 g/mol. The van der Waals surface area contributed by atoms with Crippen LogP contribution in [-0.4, -0.2) is 37.0 Å². The Balaban J connectivity index is 0.00000225. The van der Waals surface area contributed by atoms with Crippen molar-refractivity contribution in [2.45, 2.75) is 56.4 Å². The molecule has 138 valence electrons. The van der Waals surface area contributed by atoms with Gasteiger partial charge in [0.05, 0.1) is 12.0 Å². The van der Waals surface area contributed by atoms with Gasteiger partial charge in [0.25, 0.3) is 0 Å². The van der Waals surface area contributed by atoms with Gasteiger partial charge in [0.1, 0.15) is 0 Å². The van der Waals surface area contributed by atoms with Gasteiger partial charge in [-0.2, -0.15) is 8.78 Å². The molecule has 1 unspecified atom stereocenters. The Labute approximate surface area is 167 Å². The van der Waals surface area contributed by atoms with Crippen LogP contribution in [0.15, 0.2) is 0 Å². The van der Waals surface area contributed by atoms with Crippen LogP contribution in [0, 0.1) is 23.2 Å². The summed E-state index contributed by atoms with van der Waals surface area (Å²) in [5, 5.41) is -5.01. The van der Waals surface area contributed by atoms with Crippen LogP contribution in [0.25, 0.3) is 0 Å². The summed E-state index contributed by atoms with van der Waals surface area (Å²) >= 11 is 0. The zero-order valence-electron chi connectivity index (χ0n) is 14.0. The molecule has 0 heterocycles. The fourth-order valence-corrected chi connectivity index (χ4v) is 5.52. The van der Waals surface area contributed by atoms with Crippen molar-refractivity contribution in [1.82, 2.24) is 0 Å². The van der Waals surface area contributed by atoms with Gasteiger partial charge in [0.2, 0.25) is 0 Å². The van der Waals surface area contributed by atoms with E-state index in [4.69, 9.17) is 4.74 Å². The van der Waals surface area contributed by atoms with Crippen molar-refractivity contribution in [2.24, 2.45) is 23.2 Å². The molecular weight excluding hydrogens is 372 g/mol. The Hall–Kier alpha value is 0.170. The fraction of sp³-hybridized carbons (Fsp3) is 0.933. The van der Waals surface area contributed by atoms with Crippen molar-refractivity contribution in [3.05, 3.63) is 0 Å². The average Bonchev–Trinajstić information content (AvgIpc) is 2.44. The number of hydrogen-bond acceptors (Lipinski definition) is 5. The van der Waals surface area contributed by atoms with E-state index in [0.29, 0.717) is 17.8 Å². The topological polar surface area (TPSA) is 83.5 Å². The molecule has 4 bridgehead atoms. The Morgan fingerprint density at radius 3 is 2.00 bits per heavy atom. The molecular formula is C15H20F3NaO5S. The van der Waals surface area contributed by atoms with Gasteiger partial charge in [0, 0.05) is 6.42 Å². The Morgan fingerprint density at radius 2 is 1.60 bits per heavy atom. The largest absolute Gasteiger partial charge is 1.00 e. The number of hydrogen-bond donors (Lipinski definition) is 0. The molecule has 0 aromatic carbocycles. The number of rotatable bonds is 6. The van der Waals surface area contributed by atoms with Gasteiger partial charge in [0.15, 0.2) is 16.3 Å². The van der Waals surface area contributed by atoms with Crippen LogP contribution >= 0.6 is 0 Å². The number of halogens is 3. The van der Waals surface area contributed by atoms with E-state index < -0.39 is 46.0 Å². The molecule has 0 saturated heterocycles. The molecule has 10 heteroatoms. The van der Waals surface area contributed by atoms with E-state index in [0.717, 1.165) is 38.5 Å². The molecule has 0 spiro atoms. The van der Waals surface area contributed by atoms with Gasteiger partial charge < -0.3 is 9.29 Å². The maximum Gasteiger partial charge on any atom is 1.00 e.